The molecule has 0 unspecified atom stereocenters. The van der Waals surface area contributed by atoms with Crippen LogP contribution < -0.4 is 15.5 Å². The first kappa shape index (κ1) is 17.5. The maximum absolute atomic E-state index is 12.4. The molecule has 1 aromatic rings. The molecule has 144 valence electrons. The van der Waals surface area contributed by atoms with Crippen LogP contribution in [0.15, 0.2) is 23.6 Å². The Morgan fingerprint density at radius 2 is 2.19 bits per heavy atom. The molecule has 2 saturated heterocycles. The van der Waals surface area contributed by atoms with Gasteiger partial charge in [0, 0.05) is 51.5 Å². The highest BCUT2D eigenvalue weighted by atomic mass is 16.7. The molecule has 4 rings (SSSR count). The Bertz CT molecular complexity index is 741. The molecule has 0 radical (unpaired) electrons. The van der Waals surface area contributed by atoms with Crippen molar-refractivity contribution in [3.63, 3.8) is 0 Å². The molecule has 4 heterocycles. The van der Waals surface area contributed by atoms with Crippen molar-refractivity contribution in [3.8, 4) is 0 Å². The summed E-state index contributed by atoms with van der Waals surface area (Å²) in [6.07, 6.45) is 5.66. The third-order valence-corrected chi connectivity index (χ3v) is 5.09. The molecular weight excluding hydrogens is 350 g/mol. The highest BCUT2D eigenvalue weighted by Gasteiger charge is 2.45. The number of aromatic nitrogens is 2. The normalized spacial score (nSPS) is 24.6. The van der Waals surface area contributed by atoms with Crippen molar-refractivity contribution in [3.05, 3.63) is 18.5 Å². The van der Waals surface area contributed by atoms with E-state index in [1.165, 1.54) is 0 Å². The Kier molecular flexibility index (Phi) is 4.78. The summed E-state index contributed by atoms with van der Waals surface area (Å²) in [6, 6.07) is 1.70. The molecule has 3 aliphatic heterocycles. The minimum Gasteiger partial charge on any atom is -0.386 e. The maximum atomic E-state index is 12.4. The lowest BCUT2D eigenvalue weighted by atomic mass is 9.88. The van der Waals surface area contributed by atoms with Crippen LogP contribution in [-0.4, -0.2) is 77.4 Å². The molecule has 10 nitrogen and oxygen atoms in total. The van der Waals surface area contributed by atoms with Gasteiger partial charge >= 0.3 is 6.03 Å². The largest absolute Gasteiger partial charge is 0.386 e. The standard InChI is InChI=1S/C17H23N7O3/c25-14(18-6-9-23-10-7-21-16(23)26)13-11-17(27-22-13)3-1-8-24(12-17)15-19-4-2-5-20-15/h2,4-5H,1,3,6-12H2,(H,18,25)(H,21,26)/t17-/m0/s1. The van der Waals surface area contributed by atoms with Gasteiger partial charge in [-0.15, -0.1) is 0 Å². The maximum Gasteiger partial charge on any atom is 0.317 e. The zero-order valence-electron chi connectivity index (χ0n) is 15.1. The Hall–Kier alpha value is -2.91. The second kappa shape index (κ2) is 7.37. The highest BCUT2D eigenvalue weighted by Crippen LogP contribution is 2.34. The van der Waals surface area contributed by atoms with Crippen LogP contribution in [0.2, 0.25) is 0 Å². The fraction of sp³-hybridized carbons (Fsp3) is 0.588. The molecule has 27 heavy (non-hydrogen) atoms. The minimum absolute atomic E-state index is 0.0878. The Morgan fingerprint density at radius 1 is 1.33 bits per heavy atom. The average molecular weight is 373 g/mol. The van der Waals surface area contributed by atoms with Gasteiger partial charge in [0.25, 0.3) is 5.91 Å². The van der Waals surface area contributed by atoms with Crippen LogP contribution in [0.5, 0.6) is 0 Å². The van der Waals surface area contributed by atoms with E-state index in [0.717, 1.165) is 19.4 Å². The summed E-state index contributed by atoms with van der Waals surface area (Å²) >= 11 is 0. The molecule has 1 aromatic heterocycles. The quantitative estimate of drug-likeness (QED) is 0.735. The summed E-state index contributed by atoms with van der Waals surface area (Å²) in [4.78, 5) is 42.0. The summed E-state index contributed by atoms with van der Waals surface area (Å²) in [7, 11) is 0. The van der Waals surface area contributed by atoms with E-state index in [4.69, 9.17) is 4.84 Å². The number of amides is 3. The van der Waals surface area contributed by atoms with Crippen LogP contribution in [0.1, 0.15) is 19.3 Å². The Balaban J connectivity index is 1.29. The molecular formula is C17H23N7O3. The molecule has 0 aromatic carbocycles. The van der Waals surface area contributed by atoms with Gasteiger partial charge < -0.3 is 25.3 Å². The van der Waals surface area contributed by atoms with Crippen LogP contribution >= 0.6 is 0 Å². The molecule has 0 saturated carbocycles. The zero-order chi connectivity index (χ0) is 18.7. The van der Waals surface area contributed by atoms with E-state index < -0.39 is 5.60 Å². The fourth-order valence-corrected chi connectivity index (χ4v) is 3.72. The molecule has 0 aliphatic carbocycles. The van der Waals surface area contributed by atoms with Gasteiger partial charge in [-0.2, -0.15) is 0 Å². The van der Waals surface area contributed by atoms with E-state index in [-0.39, 0.29) is 11.9 Å². The molecule has 3 aliphatic rings. The number of nitrogens with one attached hydrogen (secondary N) is 2. The van der Waals surface area contributed by atoms with E-state index >= 15 is 0 Å². The summed E-state index contributed by atoms with van der Waals surface area (Å²) in [5.74, 6) is 0.432. The number of anilines is 1. The number of hydrogen-bond acceptors (Lipinski definition) is 7. The van der Waals surface area contributed by atoms with E-state index in [2.05, 4.69) is 30.7 Å². The minimum atomic E-state index is -0.501. The van der Waals surface area contributed by atoms with Crippen LogP contribution in [0.25, 0.3) is 0 Å². The van der Waals surface area contributed by atoms with Crippen LogP contribution in [-0.2, 0) is 9.63 Å². The topological polar surface area (TPSA) is 112 Å². The third-order valence-electron chi connectivity index (χ3n) is 5.09. The number of rotatable bonds is 5. The van der Waals surface area contributed by atoms with Gasteiger partial charge in [-0.25, -0.2) is 14.8 Å². The second-order valence-corrected chi connectivity index (χ2v) is 7.04. The lowest BCUT2D eigenvalue weighted by Gasteiger charge is -2.38. The predicted octanol–water partition coefficient (Wildman–Crippen LogP) is -0.267. The Labute approximate surface area is 157 Å². The number of urea groups is 1. The SMILES string of the molecule is O=C(NCCN1CCNC1=O)C1=NO[C@@]2(CCCN(c3ncccn3)C2)C1. The first-order chi connectivity index (χ1) is 13.2. The smallest absolute Gasteiger partial charge is 0.317 e. The summed E-state index contributed by atoms with van der Waals surface area (Å²) in [5.41, 5.74) is -0.101. The second-order valence-electron chi connectivity index (χ2n) is 7.04. The van der Waals surface area contributed by atoms with Gasteiger partial charge in [-0.05, 0) is 18.9 Å². The van der Waals surface area contributed by atoms with Crippen molar-refractivity contribution in [1.82, 2.24) is 25.5 Å². The Morgan fingerprint density at radius 3 is 2.96 bits per heavy atom. The monoisotopic (exact) mass is 373 g/mol. The number of piperidine rings is 1. The summed E-state index contributed by atoms with van der Waals surface area (Å²) in [5, 5.41) is 9.61. The van der Waals surface area contributed by atoms with Gasteiger partial charge in [0.2, 0.25) is 5.95 Å². The third kappa shape index (κ3) is 3.79. The predicted molar refractivity (Wildman–Crippen MR) is 97.3 cm³/mol. The van der Waals surface area contributed by atoms with Gasteiger partial charge in [-0.3, -0.25) is 4.79 Å². The van der Waals surface area contributed by atoms with E-state index in [1.807, 2.05) is 0 Å². The number of oxime groups is 1. The number of nitrogens with zero attached hydrogens (tertiary/aromatic N) is 5. The molecule has 3 amide bonds. The lowest BCUT2D eigenvalue weighted by molar-refractivity contribution is -0.114. The van der Waals surface area contributed by atoms with Crippen molar-refractivity contribution in [2.75, 3.05) is 44.2 Å². The summed E-state index contributed by atoms with van der Waals surface area (Å²) < 4.78 is 0. The van der Waals surface area contributed by atoms with Crippen molar-refractivity contribution in [1.29, 1.82) is 0 Å². The zero-order valence-corrected chi connectivity index (χ0v) is 15.1. The van der Waals surface area contributed by atoms with Gasteiger partial charge in [0.15, 0.2) is 5.60 Å². The highest BCUT2D eigenvalue weighted by molar-refractivity contribution is 6.39. The summed E-state index contributed by atoms with van der Waals surface area (Å²) in [6.45, 7) is 3.65. The molecule has 0 bridgehead atoms. The average Bonchev–Trinajstić information content (AvgIpc) is 3.29. The molecule has 10 heteroatoms. The van der Waals surface area contributed by atoms with E-state index in [0.29, 0.717) is 50.8 Å². The van der Waals surface area contributed by atoms with Crippen molar-refractivity contribution in [2.24, 2.45) is 5.16 Å². The van der Waals surface area contributed by atoms with Crippen LogP contribution in [0, 0.1) is 0 Å². The van der Waals surface area contributed by atoms with Crippen LogP contribution in [0.4, 0.5) is 10.7 Å². The number of hydrogen-bond donors (Lipinski definition) is 2. The molecule has 1 atom stereocenters. The lowest BCUT2D eigenvalue weighted by Crippen LogP contribution is -2.49. The van der Waals surface area contributed by atoms with Crippen molar-refractivity contribution < 1.29 is 14.4 Å². The van der Waals surface area contributed by atoms with Gasteiger partial charge in [0.05, 0.1) is 6.54 Å². The van der Waals surface area contributed by atoms with Gasteiger partial charge in [-0.1, -0.05) is 5.16 Å². The first-order valence-electron chi connectivity index (χ1n) is 9.23. The van der Waals surface area contributed by atoms with E-state index in [1.54, 1.807) is 23.4 Å². The molecule has 1 spiro atoms. The first-order valence-corrected chi connectivity index (χ1v) is 9.23. The van der Waals surface area contributed by atoms with Crippen molar-refractivity contribution >= 4 is 23.6 Å². The molecule has 2 N–H and O–H groups in total. The number of carbonyl (C=O) groups excluding carboxylic acids is 2. The van der Waals surface area contributed by atoms with Crippen LogP contribution in [0.3, 0.4) is 0 Å². The molecule has 2 fully saturated rings. The van der Waals surface area contributed by atoms with E-state index in [9.17, 15) is 9.59 Å². The van der Waals surface area contributed by atoms with Gasteiger partial charge in [0.1, 0.15) is 5.71 Å². The number of carbonyl (C=O) groups is 2. The fourth-order valence-electron chi connectivity index (χ4n) is 3.72. The van der Waals surface area contributed by atoms with Crippen molar-refractivity contribution in [2.45, 2.75) is 24.9 Å².